The maximum atomic E-state index is 6.20. The summed E-state index contributed by atoms with van der Waals surface area (Å²) in [6, 6.07) is 0. The Kier molecular flexibility index (Phi) is 7.35. The molecule has 1 aromatic heterocycles. The number of hydrogen-bond donors (Lipinski definition) is 1. The third-order valence-corrected chi connectivity index (χ3v) is 5.47. The van der Waals surface area contributed by atoms with Crippen LogP contribution in [0.4, 0.5) is 0 Å². The molecule has 1 saturated heterocycles. The van der Waals surface area contributed by atoms with Gasteiger partial charge in [-0.3, -0.25) is 9.67 Å². The van der Waals surface area contributed by atoms with Gasteiger partial charge in [0.15, 0.2) is 5.96 Å². The highest BCUT2D eigenvalue weighted by Gasteiger charge is 2.23. The summed E-state index contributed by atoms with van der Waals surface area (Å²) in [5.41, 5.74) is 1.19. The lowest BCUT2D eigenvalue weighted by Gasteiger charge is -2.34. The van der Waals surface area contributed by atoms with Crippen LogP contribution in [-0.4, -0.2) is 59.5 Å². The maximum Gasteiger partial charge on any atom is 0.193 e. The van der Waals surface area contributed by atoms with E-state index in [2.05, 4.69) is 35.4 Å². The van der Waals surface area contributed by atoms with Crippen molar-refractivity contribution in [1.29, 1.82) is 0 Å². The molecule has 2 heterocycles. The van der Waals surface area contributed by atoms with E-state index in [1.54, 1.807) is 0 Å². The van der Waals surface area contributed by atoms with Crippen molar-refractivity contribution in [3.63, 3.8) is 0 Å². The largest absolute Gasteiger partial charge is 0.378 e. The lowest BCUT2D eigenvalue weighted by Crippen LogP contribution is -2.47. The zero-order chi connectivity index (χ0) is 18.2. The van der Waals surface area contributed by atoms with E-state index in [9.17, 15) is 0 Å². The normalized spacial score (nSPS) is 20.1. The summed E-state index contributed by atoms with van der Waals surface area (Å²) in [4.78, 5) is 7.19. The number of aryl methyl sites for hydroxylation is 1. The topological polar surface area (TPSA) is 54.7 Å². The third-order valence-electron chi connectivity index (χ3n) is 5.47. The van der Waals surface area contributed by atoms with Crippen LogP contribution in [0, 0.1) is 12.8 Å². The average Bonchev–Trinajstić information content (AvgIpc) is 3.31. The zero-order valence-electron chi connectivity index (χ0n) is 16.5. The Balaban J connectivity index is 1.42. The minimum atomic E-state index is 0.432. The van der Waals surface area contributed by atoms with Crippen molar-refractivity contribution in [2.24, 2.45) is 10.9 Å². The van der Waals surface area contributed by atoms with Gasteiger partial charge in [-0.25, -0.2) is 0 Å². The molecule has 0 unspecified atom stereocenters. The molecule has 26 heavy (non-hydrogen) atoms. The lowest BCUT2D eigenvalue weighted by molar-refractivity contribution is 0.00101. The molecule has 3 rings (SSSR count). The van der Waals surface area contributed by atoms with Gasteiger partial charge in [-0.05, 0) is 51.0 Å². The Bertz CT molecular complexity index is 556. The first-order valence-electron chi connectivity index (χ1n) is 10.4. The Morgan fingerprint density at radius 3 is 2.69 bits per heavy atom. The summed E-state index contributed by atoms with van der Waals surface area (Å²) >= 11 is 0. The molecule has 0 bridgehead atoms. The molecule has 1 aliphatic heterocycles. The van der Waals surface area contributed by atoms with Crippen LogP contribution in [0.15, 0.2) is 17.4 Å². The van der Waals surface area contributed by atoms with E-state index in [1.807, 2.05) is 10.9 Å². The van der Waals surface area contributed by atoms with Crippen LogP contribution in [-0.2, 0) is 11.3 Å². The third kappa shape index (κ3) is 5.73. The van der Waals surface area contributed by atoms with Gasteiger partial charge in [0.05, 0.1) is 25.4 Å². The number of nitrogens with one attached hydrogen (secondary N) is 1. The van der Waals surface area contributed by atoms with Gasteiger partial charge in [-0.15, -0.1) is 0 Å². The molecule has 1 saturated carbocycles. The van der Waals surface area contributed by atoms with Gasteiger partial charge in [-0.1, -0.05) is 12.8 Å². The van der Waals surface area contributed by atoms with Crippen molar-refractivity contribution in [2.45, 2.75) is 65.0 Å². The first-order valence-corrected chi connectivity index (χ1v) is 10.4. The SMILES string of the molecule is CCNC(=NCCn1cc(C)cn1)N1CCC(OCC2CCCC2)CC1. The van der Waals surface area contributed by atoms with Gasteiger partial charge in [0, 0.05) is 32.4 Å². The standard InChI is InChI=1S/C20H35N5O/c1-3-21-20(22-10-13-25-15-17(2)14-23-25)24-11-8-19(9-12-24)26-16-18-6-4-5-7-18/h14-15,18-19H,3-13,16H2,1-2H3,(H,21,22). The maximum absolute atomic E-state index is 6.20. The van der Waals surface area contributed by atoms with Gasteiger partial charge in [-0.2, -0.15) is 5.10 Å². The van der Waals surface area contributed by atoms with Crippen LogP contribution in [0.3, 0.4) is 0 Å². The summed E-state index contributed by atoms with van der Waals surface area (Å²) in [5, 5.41) is 7.77. The summed E-state index contributed by atoms with van der Waals surface area (Å²) < 4.78 is 8.16. The number of aliphatic imine (C=N–C) groups is 1. The molecule has 0 amide bonds. The van der Waals surface area contributed by atoms with E-state index >= 15 is 0 Å². The van der Waals surface area contributed by atoms with Gasteiger partial charge in [0.1, 0.15) is 0 Å². The predicted octanol–water partition coefficient (Wildman–Crippen LogP) is 2.83. The number of piperidine rings is 1. The van der Waals surface area contributed by atoms with Gasteiger partial charge in [0.25, 0.3) is 0 Å². The minimum absolute atomic E-state index is 0.432. The molecule has 2 fully saturated rings. The zero-order valence-corrected chi connectivity index (χ0v) is 16.5. The van der Waals surface area contributed by atoms with Crippen LogP contribution >= 0.6 is 0 Å². The molecule has 0 radical (unpaired) electrons. The Morgan fingerprint density at radius 2 is 2.04 bits per heavy atom. The fraction of sp³-hybridized carbons (Fsp3) is 0.800. The number of aromatic nitrogens is 2. The highest BCUT2D eigenvalue weighted by Crippen LogP contribution is 2.26. The van der Waals surface area contributed by atoms with E-state index in [0.29, 0.717) is 6.10 Å². The van der Waals surface area contributed by atoms with Gasteiger partial charge >= 0.3 is 0 Å². The predicted molar refractivity (Wildman–Crippen MR) is 105 cm³/mol. The number of guanidine groups is 1. The average molecular weight is 362 g/mol. The van der Waals surface area contributed by atoms with E-state index in [-0.39, 0.29) is 0 Å². The number of likely N-dealkylation sites (tertiary alicyclic amines) is 1. The summed E-state index contributed by atoms with van der Waals surface area (Å²) in [7, 11) is 0. The van der Waals surface area contributed by atoms with Crippen molar-refractivity contribution in [2.75, 3.05) is 32.8 Å². The molecule has 0 atom stereocenters. The molecule has 0 aromatic carbocycles. The Hall–Kier alpha value is -1.56. The van der Waals surface area contributed by atoms with Crippen LogP contribution in [0.5, 0.6) is 0 Å². The van der Waals surface area contributed by atoms with Crippen molar-refractivity contribution < 1.29 is 4.74 Å². The first-order chi connectivity index (χ1) is 12.7. The summed E-state index contributed by atoms with van der Waals surface area (Å²) in [6.45, 7) is 9.70. The van der Waals surface area contributed by atoms with E-state index < -0.39 is 0 Å². The monoisotopic (exact) mass is 361 g/mol. The van der Waals surface area contributed by atoms with Crippen molar-refractivity contribution in [1.82, 2.24) is 20.0 Å². The number of nitrogens with zero attached hydrogens (tertiary/aromatic N) is 4. The van der Waals surface area contributed by atoms with E-state index in [4.69, 9.17) is 9.73 Å². The van der Waals surface area contributed by atoms with Crippen LogP contribution < -0.4 is 5.32 Å². The van der Waals surface area contributed by atoms with Gasteiger partial charge in [0.2, 0.25) is 0 Å². The molecular formula is C20H35N5O. The smallest absolute Gasteiger partial charge is 0.193 e. The molecule has 6 heteroatoms. The van der Waals surface area contributed by atoms with Crippen molar-refractivity contribution >= 4 is 5.96 Å². The molecule has 146 valence electrons. The molecular weight excluding hydrogens is 326 g/mol. The summed E-state index contributed by atoms with van der Waals surface area (Å²) in [5.74, 6) is 1.85. The van der Waals surface area contributed by atoms with Crippen molar-refractivity contribution in [3.05, 3.63) is 18.0 Å². The molecule has 0 spiro atoms. The number of hydrogen-bond acceptors (Lipinski definition) is 3. The molecule has 6 nitrogen and oxygen atoms in total. The second-order valence-electron chi connectivity index (χ2n) is 7.69. The number of rotatable bonds is 7. The second kappa shape index (κ2) is 9.95. The fourth-order valence-corrected chi connectivity index (χ4v) is 3.96. The molecule has 1 aliphatic carbocycles. The summed E-state index contributed by atoms with van der Waals surface area (Å²) in [6.07, 6.45) is 12.1. The lowest BCUT2D eigenvalue weighted by atomic mass is 10.1. The van der Waals surface area contributed by atoms with Crippen LogP contribution in [0.1, 0.15) is 51.0 Å². The molecule has 2 aliphatic rings. The van der Waals surface area contributed by atoms with Gasteiger partial charge < -0.3 is 15.0 Å². The number of ether oxygens (including phenoxy) is 1. The highest BCUT2D eigenvalue weighted by molar-refractivity contribution is 5.80. The van der Waals surface area contributed by atoms with E-state index in [1.165, 1.54) is 31.2 Å². The Morgan fingerprint density at radius 1 is 1.27 bits per heavy atom. The van der Waals surface area contributed by atoms with E-state index in [0.717, 1.165) is 64.0 Å². The minimum Gasteiger partial charge on any atom is -0.378 e. The Labute approximate surface area is 158 Å². The quantitative estimate of drug-likeness (QED) is 0.599. The second-order valence-corrected chi connectivity index (χ2v) is 7.69. The van der Waals surface area contributed by atoms with Crippen LogP contribution in [0.2, 0.25) is 0 Å². The first kappa shape index (κ1) is 19.2. The molecule has 1 N–H and O–H groups in total. The van der Waals surface area contributed by atoms with Crippen LogP contribution in [0.25, 0.3) is 0 Å². The fourth-order valence-electron chi connectivity index (χ4n) is 3.96. The van der Waals surface area contributed by atoms with Crippen molar-refractivity contribution in [3.8, 4) is 0 Å². The molecule has 1 aromatic rings. The highest BCUT2D eigenvalue weighted by atomic mass is 16.5.